The van der Waals surface area contributed by atoms with Crippen molar-refractivity contribution in [2.45, 2.75) is 16.9 Å². The van der Waals surface area contributed by atoms with Gasteiger partial charge in [-0.15, -0.1) is 0 Å². The molecule has 0 aliphatic carbocycles. The topological polar surface area (TPSA) is 67.9 Å². The first-order chi connectivity index (χ1) is 9.79. The Morgan fingerprint density at radius 1 is 1.43 bits per heavy atom. The molecule has 0 saturated carbocycles. The Labute approximate surface area is 135 Å². The summed E-state index contributed by atoms with van der Waals surface area (Å²) in [5.74, 6) is -0.512. The molecule has 6 nitrogen and oxygen atoms in total. The monoisotopic (exact) mass is 352 g/mol. The van der Waals surface area contributed by atoms with E-state index in [1.807, 2.05) is 0 Å². The van der Waals surface area contributed by atoms with E-state index in [4.69, 9.17) is 44.4 Å². The summed E-state index contributed by atoms with van der Waals surface area (Å²) < 4.78 is 3.30. The number of benzene rings is 1. The van der Waals surface area contributed by atoms with Gasteiger partial charge in [0, 0.05) is 6.92 Å². The molecule has 114 valence electrons. The smallest absolute Gasteiger partial charge is 0.288 e. The number of anilines is 1. The van der Waals surface area contributed by atoms with Crippen LogP contribution >= 0.6 is 34.8 Å². The van der Waals surface area contributed by atoms with Gasteiger partial charge in [0.25, 0.3) is 5.91 Å². The van der Waals surface area contributed by atoms with Crippen LogP contribution in [0.1, 0.15) is 6.92 Å². The summed E-state index contributed by atoms with van der Waals surface area (Å²) in [6.07, 6.45) is -1.34. The average molecular weight is 354 g/mol. The molecule has 1 aromatic carbocycles. The van der Waals surface area contributed by atoms with E-state index in [0.29, 0.717) is 11.4 Å². The first-order valence-electron chi connectivity index (χ1n) is 5.84. The normalized spacial score (nSPS) is 16.0. The second-order valence-corrected chi connectivity index (χ2v) is 6.54. The number of nitrogens with zero attached hydrogens (tertiary/aromatic N) is 1. The number of hydrogen-bond acceptors (Lipinski definition) is 4. The second-order valence-electron chi connectivity index (χ2n) is 4.17. The van der Waals surface area contributed by atoms with E-state index in [0.717, 1.165) is 5.06 Å². The highest BCUT2D eigenvalue weighted by Gasteiger charge is 2.39. The lowest BCUT2D eigenvalue weighted by Crippen LogP contribution is -2.51. The number of nitrogens with one attached hydrogen (secondary N) is 1. The standard InChI is InChI=1S/C12H11Cl3N2O4/c1-7(18)16-11(12(13,14)15)21-17-8-4-2-3-5-9(8)20-6-10(17)19/h2-5,11H,6H2,1H3,(H,16,18)/t11-/m1/s1. The molecule has 1 aliphatic heterocycles. The van der Waals surface area contributed by atoms with Crippen molar-refractivity contribution in [1.29, 1.82) is 0 Å². The molecule has 1 heterocycles. The van der Waals surface area contributed by atoms with Gasteiger partial charge in [-0.05, 0) is 12.1 Å². The van der Waals surface area contributed by atoms with E-state index in [1.54, 1.807) is 24.3 Å². The van der Waals surface area contributed by atoms with Gasteiger partial charge >= 0.3 is 0 Å². The fourth-order valence-electron chi connectivity index (χ4n) is 1.65. The number of amides is 2. The molecule has 2 rings (SSSR count). The minimum absolute atomic E-state index is 0.219. The highest BCUT2D eigenvalue weighted by atomic mass is 35.6. The van der Waals surface area contributed by atoms with Crippen LogP contribution in [0.2, 0.25) is 0 Å². The van der Waals surface area contributed by atoms with Crippen molar-refractivity contribution >= 4 is 52.3 Å². The van der Waals surface area contributed by atoms with Crippen LogP contribution in [-0.2, 0) is 14.4 Å². The van der Waals surface area contributed by atoms with Gasteiger partial charge in [0.2, 0.25) is 15.9 Å². The number of carbonyl (C=O) groups excluding carboxylic acids is 2. The fourth-order valence-corrected chi connectivity index (χ4v) is 1.94. The average Bonchev–Trinajstić information content (AvgIpc) is 2.39. The molecular weight excluding hydrogens is 343 g/mol. The van der Waals surface area contributed by atoms with Crippen LogP contribution in [0.15, 0.2) is 24.3 Å². The third-order valence-electron chi connectivity index (χ3n) is 2.50. The minimum atomic E-state index is -1.96. The molecule has 21 heavy (non-hydrogen) atoms. The van der Waals surface area contributed by atoms with Gasteiger partial charge in [-0.1, -0.05) is 46.9 Å². The van der Waals surface area contributed by atoms with Gasteiger partial charge in [-0.3, -0.25) is 9.59 Å². The van der Waals surface area contributed by atoms with E-state index >= 15 is 0 Å². The van der Waals surface area contributed by atoms with Crippen LogP contribution in [0.25, 0.3) is 0 Å². The Bertz CT molecular complexity index is 562. The maximum absolute atomic E-state index is 11.9. The summed E-state index contributed by atoms with van der Waals surface area (Å²) in [7, 11) is 0. The summed E-state index contributed by atoms with van der Waals surface area (Å²) in [6, 6.07) is 6.71. The van der Waals surface area contributed by atoms with Gasteiger partial charge in [0.05, 0.1) is 0 Å². The zero-order valence-electron chi connectivity index (χ0n) is 10.8. The zero-order chi connectivity index (χ0) is 15.6. The molecule has 0 aromatic heterocycles. The number of hydroxylamine groups is 1. The molecule has 0 bridgehead atoms. The third-order valence-corrected chi connectivity index (χ3v) is 3.10. The van der Waals surface area contributed by atoms with Gasteiger partial charge in [0.1, 0.15) is 11.4 Å². The van der Waals surface area contributed by atoms with Crippen molar-refractivity contribution in [3.05, 3.63) is 24.3 Å². The molecule has 1 N–H and O–H groups in total. The Morgan fingerprint density at radius 3 is 2.71 bits per heavy atom. The van der Waals surface area contributed by atoms with Gasteiger partial charge in [0.15, 0.2) is 6.61 Å². The van der Waals surface area contributed by atoms with Crippen LogP contribution in [0.3, 0.4) is 0 Å². The minimum Gasteiger partial charge on any atom is -0.481 e. The fraction of sp³-hybridized carbons (Fsp3) is 0.333. The number of ether oxygens (including phenoxy) is 1. The summed E-state index contributed by atoms with van der Waals surface area (Å²) in [4.78, 5) is 28.5. The number of halogens is 3. The quantitative estimate of drug-likeness (QED) is 0.668. The Balaban J connectivity index is 2.27. The predicted octanol–water partition coefficient (Wildman–Crippen LogP) is 2.18. The lowest BCUT2D eigenvalue weighted by atomic mass is 10.2. The highest BCUT2D eigenvalue weighted by molar-refractivity contribution is 6.68. The van der Waals surface area contributed by atoms with E-state index in [2.05, 4.69) is 5.32 Å². The largest absolute Gasteiger partial charge is 0.481 e. The lowest BCUT2D eigenvalue weighted by molar-refractivity contribution is -0.136. The SMILES string of the molecule is CC(=O)N[C@H](ON1C(=O)COc2ccccc21)C(Cl)(Cl)Cl. The van der Waals surface area contributed by atoms with E-state index in [-0.39, 0.29) is 6.61 Å². The second kappa shape index (κ2) is 6.27. The van der Waals surface area contributed by atoms with Crippen molar-refractivity contribution in [3.63, 3.8) is 0 Å². The summed E-state index contributed by atoms with van der Waals surface area (Å²) in [5, 5.41) is 3.27. The maximum Gasteiger partial charge on any atom is 0.288 e. The van der Waals surface area contributed by atoms with Crippen LogP contribution in [0.5, 0.6) is 5.75 Å². The molecule has 1 aliphatic rings. The van der Waals surface area contributed by atoms with Crippen LogP contribution in [0, 0.1) is 0 Å². The molecule has 1 atom stereocenters. The van der Waals surface area contributed by atoms with Crippen molar-refractivity contribution in [2.24, 2.45) is 0 Å². The Hall–Kier alpha value is -1.21. The first kappa shape index (κ1) is 16.2. The third kappa shape index (κ3) is 3.91. The Kier molecular flexibility index (Phi) is 4.83. The maximum atomic E-state index is 11.9. The number of para-hydroxylation sites is 2. The Morgan fingerprint density at radius 2 is 2.10 bits per heavy atom. The number of fused-ring (bicyclic) bond motifs is 1. The molecule has 0 unspecified atom stereocenters. The zero-order valence-corrected chi connectivity index (χ0v) is 13.1. The van der Waals surface area contributed by atoms with Gasteiger partial charge < -0.3 is 10.1 Å². The molecular formula is C12H11Cl3N2O4. The molecule has 9 heteroatoms. The molecule has 1 aromatic rings. The summed E-state index contributed by atoms with van der Waals surface area (Å²) >= 11 is 17.3. The van der Waals surface area contributed by atoms with Gasteiger partial charge in [-0.2, -0.15) is 5.06 Å². The molecule has 0 spiro atoms. The summed E-state index contributed by atoms with van der Waals surface area (Å²) in [6.45, 7) is 1.02. The number of rotatable bonds is 3. The van der Waals surface area contributed by atoms with Gasteiger partial charge in [-0.25, -0.2) is 4.84 Å². The number of hydrogen-bond donors (Lipinski definition) is 1. The molecule has 2 amide bonds. The van der Waals surface area contributed by atoms with E-state index in [1.165, 1.54) is 6.92 Å². The highest BCUT2D eigenvalue weighted by Crippen LogP contribution is 2.36. The van der Waals surface area contributed by atoms with Crippen LogP contribution < -0.4 is 15.1 Å². The summed E-state index contributed by atoms with van der Waals surface area (Å²) in [5.41, 5.74) is 0.360. The number of alkyl halides is 3. The van der Waals surface area contributed by atoms with E-state index < -0.39 is 21.8 Å². The molecule has 0 radical (unpaired) electrons. The van der Waals surface area contributed by atoms with Crippen molar-refractivity contribution in [3.8, 4) is 5.75 Å². The number of carbonyl (C=O) groups is 2. The van der Waals surface area contributed by atoms with Crippen molar-refractivity contribution in [1.82, 2.24) is 5.32 Å². The molecule has 0 fully saturated rings. The first-order valence-corrected chi connectivity index (χ1v) is 6.98. The van der Waals surface area contributed by atoms with Crippen LogP contribution in [0.4, 0.5) is 5.69 Å². The lowest BCUT2D eigenvalue weighted by Gasteiger charge is -2.33. The van der Waals surface area contributed by atoms with Crippen molar-refractivity contribution in [2.75, 3.05) is 11.7 Å². The molecule has 0 saturated heterocycles. The van der Waals surface area contributed by atoms with Crippen molar-refractivity contribution < 1.29 is 19.2 Å². The van der Waals surface area contributed by atoms with E-state index in [9.17, 15) is 9.59 Å². The van der Waals surface area contributed by atoms with Crippen LogP contribution in [-0.4, -0.2) is 28.4 Å². The predicted molar refractivity (Wildman–Crippen MR) is 78.4 cm³/mol.